The molecule has 2 nitrogen and oxygen atoms in total. The lowest BCUT2D eigenvalue weighted by atomic mass is 10.1. The Bertz CT molecular complexity index is 548. The minimum absolute atomic E-state index is 0.220. The van der Waals surface area contributed by atoms with E-state index in [0.29, 0.717) is 12.8 Å². The van der Waals surface area contributed by atoms with E-state index in [4.69, 9.17) is 4.74 Å². The molecule has 0 atom stereocenters. The molecule has 0 unspecified atom stereocenters. The van der Waals surface area contributed by atoms with Crippen molar-refractivity contribution in [2.24, 2.45) is 0 Å². The van der Waals surface area contributed by atoms with Gasteiger partial charge in [0.1, 0.15) is 11.5 Å². The molecule has 0 saturated heterocycles. The van der Waals surface area contributed by atoms with Crippen LogP contribution in [0, 0.1) is 0 Å². The van der Waals surface area contributed by atoms with Crippen molar-refractivity contribution in [3.8, 4) is 5.75 Å². The smallest absolute Gasteiger partial charge is 0.142 e. The standard InChI is InChI=1S/C14H13BrO2S/c1-17-12-4-2-3-10(8-12)7-11(16)9-13-5-6-14(15)18-13/h2-6,8H,7,9H2,1H3. The van der Waals surface area contributed by atoms with Crippen LogP contribution in [-0.2, 0) is 17.6 Å². The van der Waals surface area contributed by atoms with E-state index in [9.17, 15) is 4.79 Å². The summed E-state index contributed by atoms with van der Waals surface area (Å²) in [5.74, 6) is 1.01. The third-order valence-corrected chi connectivity index (χ3v) is 4.16. The van der Waals surface area contributed by atoms with Crippen molar-refractivity contribution in [1.29, 1.82) is 0 Å². The third kappa shape index (κ3) is 3.68. The number of hydrogen-bond donors (Lipinski definition) is 0. The number of thiophene rings is 1. The summed E-state index contributed by atoms with van der Waals surface area (Å²) in [7, 11) is 1.63. The number of methoxy groups -OCH3 is 1. The number of rotatable bonds is 5. The van der Waals surface area contributed by atoms with Crippen LogP contribution in [-0.4, -0.2) is 12.9 Å². The Morgan fingerprint density at radius 3 is 2.78 bits per heavy atom. The summed E-state index contributed by atoms with van der Waals surface area (Å²) in [6.45, 7) is 0. The zero-order valence-corrected chi connectivity index (χ0v) is 12.4. The van der Waals surface area contributed by atoms with Gasteiger partial charge in [-0.1, -0.05) is 12.1 Å². The van der Waals surface area contributed by atoms with E-state index in [0.717, 1.165) is 20.0 Å². The van der Waals surface area contributed by atoms with Crippen LogP contribution in [0.5, 0.6) is 5.75 Å². The lowest BCUT2D eigenvalue weighted by molar-refractivity contribution is -0.117. The molecule has 0 aliphatic carbocycles. The number of carbonyl (C=O) groups excluding carboxylic acids is 1. The van der Waals surface area contributed by atoms with Gasteiger partial charge < -0.3 is 4.74 Å². The molecular formula is C14H13BrO2S. The van der Waals surface area contributed by atoms with Gasteiger partial charge in [-0.15, -0.1) is 11.3 Å². The fourth-order valence-electron chi connectivity index (χ4n) is 1.71. The van der Waals surface area contributed by atoms with Crippen molar-refractivity contribution < 1.29 is 9.53 Å². The Morgan fingerprint density at radius 1 is 1.28 bits per heavy atom. The van der Waals surface area contributed by atoms with Gasteiger partial charge in [0.25, 0.3) is 0 Å². The summed E-state index contributed by atoms with van der Waals surface area (Å²) in [4.78, 5) is 13.0. The fourth-order valence-corrected chi connectivity index (χ4v) is 3.23. The molecule has 2 aromatic rings. The molecule has 0 N–H and O–H groups in total. The molecule has 0 aliphatic heterocycles. The zero-order chi connectivity index (χ0) is 13.0. The van der Waals surface area contributed by atoms with Crippen LogP contribution >= 0.6 is 27.3 Å². The third-order valence-electron chi connectivity index (χ3n) is 2.54. The van der Waals surface area contributed by atoms with Crippen LogP contribution in [0.4, 0.5) is 0 Å². The molecule has 4 heteroatoms. The van der Waals surface area contributed by atoms with Crippen LogP contribution in [0.15, 0.2) is 40.2 Å². The van der Waals surface area contributed by atoms with Gasteiger partial charge in [-0.2, -0.15) is 0 Å². The van der Waals surface area contributed by atoms with E-state index in [1.54, 1.807) is 18.4 Å². The minimum Gasteiger partial charge on any atom is -0.497 e. The van der Waals surface area contributed by atoms with Gasteiger partial charge >= 0.3 is 0 Å². The first-order valence-corrected chi connectivity index (χ1v) is 7.17. The molecular weight excluding hydrogens is 312 g/mol. The van der Waals surface area contributed by atoms with Gasteiger partial charge in [-0.05, 0) is 45.8 Å². The van der Waals surface area contributed by atoms with E-state index >= 15 is 0 Å². The molecule has 18 heavy (non-hydrogen) atoms. The summed E-state index contributed by atoms with van der Waals surface area (Å²) >= 11 is 5.00. The normalized spacial score (nSPS) is 10.3. The van der Waals surface area contributed by atoms with Crippen LogP contribution in [0.2, 0.25) is 0 Å². The van der Waals surface area contributed by atoms with Crippen molar-refractivity contribution in [2.45, 2.75) is 12.8 Å². The lowest BCUT2D eigenvalue weighted by Gasteiger charge is -2.03. The summed E-state index contributed by atoms with van der Waals surface area (Å²) in [5, 5.41) is 0. The lowest BCUT2D eigenvalue weighted by Crippen LogP contribution is -2.05. The summed E-state index contributed by atoms with van der Waals surface area (Å²) in [6.07, 6.45) is 0.945. The quantitative estimate of drug-likeness (QED) is 0.834. The van der Waals surface area contributed by atoms with E-state index in [1.165, 1.54) is 0 Å². The highest BCUT2D eigenvalue weighted by atomic mass is 79.9. The SMILES string of the molecule is COc1cccc(CC(=O)Cc2ccc(Br)s2)c1. The summed E-state index contributed by atoms with van der Waals surface area (Å²) in [5.41, 5.74) is 0.995. The van der Waals surface area contributed by atoms with Crippen LogP contribution in [0.25, 0.3) is 0 Å². The summed E-state index contributed by atoms with van der Waals surface area (Å²) in [6, 6.07) is 11.6. The largest absolute Gasteiger partial charge is 0.497 e. The van der Waals surface area contributed by atoms with Crippen molar-refractivity contribution in [3.63, 3.8) is 0 Å². The first-order valence-electron chi connectivity index (χ1n) is 5.56. The van der Waals surface area contributed by atoms with Gasteiger partial charge in [0.2, 0.25) is 0 Å². The average molecular weight is 325 g/mol. The first kappa shape index (κ1) is 13.3. The van der Waals surface area contributed by atoms with Gasteiger partial charge in [0, 0.05) is 17.7 Å². The average Bonchev–Trinajstić information content (AvgIpc) is 2.74. The maximum Gasteiger partial charge on any atom is 0.142 e. The molecule has 0 saturated carbocycles. The molecule has 0 aliphatic rings. The number of ketones is 1. The second-order valence-corrected chi connectivity index (χ2v) is 6.50. The maximum absolute atomic E-state index is 11.9. The van der Waals surface area contributed by atoms with E-state index in [2.05, 4.69) is 15.9 Å². The predicted molar refractivity (Wildman–Crippen MR) is 77.4 cm³/mol. The molecule has 0 radical (unpaired) electrons. The Kier molecular flexibility index (Phi) is 4.55. The molecule has 2 rings (SSSR count). The Balaban J connectivity index is 1.98. The van der Waals surface area contributed by atoms with Crippen molar-refractivity contribution in [2.75, 3.05) is 7.11 Å². The molecule has 94 valence electrons. The second-order valence-electron chi connectivity index (χ2n) is 3.95. The van der Waals surface area contributed by atoms with E-state index < -0.39 is 0 Å². The Morgan fingerprint density at radius 2 is 2.11 bits per heavy atom. The van der Waals surface area contributed by atoms with Crippen LogP contribution in [0.3, 0.4) is 0 Å². The van der Waals surface area contributed by atoms with Gasteiger partial charge in [0.15, 0.2) is 0 Å². The van der Waals surface area contributed by atoms with Gasteiger partial charge in [-0.3, -0.25) is 4.79 Å². The van der Waals surface area contributed by atoms with Crippen molar-refractivity contribution in [1.82, 2.24) is 0 Å². The number of carbonyl (C=O) groups is 1. The molecule has 1 aromatic carbocycles. The van der Waals surface area contributed by atoms with Crippen LogP contribution < -0.4 is 4.74 Å². The van der Waals surface area contributed by atoms with Crippen molar-refractivity contribution >= 4 is 33.0 Å². The highest BCUT2D eigenvalue weighted by molar-refractivity contribution is 9.11. The molecule has 0 bridgehead atoms. The maximum atomic E-state index is 11.9. The van der Waals surface area contributed by atoms with E-state index in [-0.39, 0.29) is 5.78 Å². The number of hydrogen-bond acceptors (Lipinski definition) is 3. The molecule has 0 spiro atoms. The minimum atomic E-state index is 0.220. The highest BCUT2D eigenvalue weighted by Crippen LogP contribution is 2.23. The second kappa shape index (κ2) is 6.16. The Labute approximate surface area is 119 Å². The number of benzene rings is 1. The molecule has 1 heterocycles. The fraction of sp³-hybridized carbons (Fsp3) is 0.214. The zero-order valence-electron chi connectivity index (χ0n) is 9.98. The molecule has 1 aromatic heterocycles. The number of halogens is 1. The summed E-state index contributed by atoms with van der Waals surface area (Å²) < 4.78 is 6.20. The monoisotopic (exact) mass is 324 g/mol. The van der Waals surface area contributed by atoms with Gasteiger partial charge in [0.05, 0.1) is 10.9 Å². The molecule has 0 fully saturated rings. The van der Waals surface area contributed by atoms with E-state index in [1.807, 2.05) is 36.4 Å². The number of Topliss-reactive ketones (excluding diaryl/α,β-unsaturated/α-hetero) is 1. The highest BCUT2D eigenvalue weighted by Gasteiger charge is 2.07. The first-order chi connectivity index (χ1) is 8.67. The molecule has 0 amide bonds. The van der Waals surface area contributed by atoms with Gasteiger partial charge in [-0.25, -0.2) is 0 Å². The van der Waals surface area contributed by atoms with Crippen molar-refractivity contribution in [3.05, 3.63) is 50.6 Å². The topological polar surface area (TPSA) is 26.3 Å². The Hall–Kier alpha value is -1.13. The van der Waals surface area contributed by atoms with Crippen LogP contribution in [0.1, 0.15) is 10.4 Å². The predicted octanol–water partition coefficient (Wildman–Crippen LogP) is 3.87. The number of ether oxygens (including phenoxy) is 1.